The van der Waals surface area contributed by atoms with Crippen LogP contribution in [0.25, 0.3) is 0 Å². The Morgan fingerprint density at radius 3 is 2.76 bits per heavy atom. The van der Waals surface area contributed by atoms with E-state index in [-0.39, 0.29) is 11.9 Å². The Morgan fingerprint density at radius 1 is 1.20 bits per heavy atom. The van der Waals surface area contributed by atoms with Crippen molar-refractivity contribution in [2.45, 2.75) is 6.42 Å². The zero-order valence-electron chi connectivity index (χ0n) is 14.0. The molecule has 0 bridgehead atoms. The summed E-state index contributed by atoms with van der Waals surface area (Å²) in [7, 11) is 1.50. The lowest BCUT2D eigenvalue weighted by molar-refractivity contribution is 0.0762. The van der Waals surface area contributed by atoms with Gasteiger partial charge < -0.3 is 24.3 Å². The zero-order valence-corrected chi connectivity index (χ0v) is 14.0. The van der Waals surface area contributed by atoms with Crippen LogP contribution in [0.1, 0.15) is 16.8 Å². The van der Waals surface area contributed by atoms with Crippen molar-refractivity contribution in [2.75, 3.05) is 38.6 Å². The molecule has 0 atom stereocenters. The van der Waals surface area contributed by atoms with Crippen molar-refractivity contribution < 1.29 is 18.7 Å². The molecule has 0 aromatic carbocycles. The third kappa shape index (κ3) is 3.90. The molecule has 1 fully saturated rings. The monoisotopic (exact) mass is 344 g/mol. The third-order valence-corrected chi connectivity index (χ3v) is 4.04. The van der Waals surface area contributed by atoms with Gasteiger partial charge in [0.15, 0.2) is 0 Å². The Labute approximate surface area is 145 Å². The highest BCUT2D eigenvalue weighted by Gasteiger charge is 2.23. The summed E-state index contributed by atoms with van der Waals surface area (Å²) in [6, 6.07) is 4.87. The highest BCUT2D eigenvalue weighted by molar-refractivity contribution is 5.94. The van der Waals surface area contributed by atoms with Crippen LogP contribution >= 0.6 is 0 Å². The highest BCUT2D eigenvalue weighted by Crippen LogP contribution is 2.20. The molecule has 0 aliphatic carbocycles. The maximum absolute atomic E-state index is 12.5. The molecule has 25 heavy (non-hydrogen) atoms. The first kappa shape index (κ1) is 16.8. The number of anilines is 1. The van der Waals surface area contributed by atoms with E-state index < -0.39 is 0 Å². The normalized spacial score (nSPS) is 14.8. The van der Waals surface area contributed by atoms with Crippen LogP contribution in [0, 0.1) is 0 Å². The fourth-order valence-electron chi connectivity index (χ4n) is 2.74. The van der Waals surface area contributed by atoms with Crippen LogP contribution in [0.3, 0.4) is 0 Å². The van der Waals surface area contributed by atoms with E-state index in [1.54, 1.807) is 34.2 Å². The SMILES string of the molecule is COc1ncccc1NC(=O)N1CCCN(C(=O)c2ccoc2)CC1. The summed E-state index contributed by atoms with van der Waals surface area (Å²) >= 11 is 0. The van der Waals surface area contributed by atoms with Crippen molar-refractivity contribution in [3.05, 3.63) is 42.5 Å². The molecule has 3 heterocycles. The number of aromatic nitrogens is 1. The van der Waals surface area contributed by atoms with Crippen LogP contribution in [0.2, 0.25) is 0 Å². The van der Waals surface area contributed by atoms with Crippen LogP contribution in [-0.4, -0.2) is 60.0 Å². The molecule has 1 saturated heterocycles. The summed E-state index contributed by atoms with van der Waals surface area (Å²) in [5, 5.41) is 2.81. The lowest BCUT2D eigenvalue weighted by atomic mass is 10.3. The number of nitrogens with one attached hydrogen (secondary N) is 1. The lowest BCUT2D eigenvalue weighted by Gasteiger charge is -2.22. The Kier molecular flexibility index (Phi) is 5.17. The quantitative estimate of drug-likeness (QED) is 0.921. The number of carbonyl (C=O) groups is 2. The average Bonchev–Trinajstić information content (AvgIpc) is 3.06. The second-order valence-electron chi connectivity index (χ2n) is 5.64. The number of ether oxygens (including phenoxy) is 1. The number of nitrogens with zero attached hydrogens (tertiary/aromatic N) is 3. The number of pyridine rings is 1. The van der Waals surface area contributed by atoms with Gasteiger partial charge in [-0.25, -0.2) is 9.78 Å². The second-order valence-corrected chi connectivity index (χ2v) is 5.64. The van der Waals surface area contributed by atoms with Crippen LogP contribution in [0.4, 0.5) is 10.5 Å². The van der Waals surface area contributed by atoms with Crippen LogP contribution in [0.15, 0.2) is 41.3 Å². The number of methoxy groups -OCH3 is 1. The molecule has 1 aliphatic heterocycles. The number of urea groups is 1. The average molecular weight is 344 g/mol. The van der Waals surface area contributed by atoms with Crippen molar-refractivity contribution in [3.8, 4) is 5.88 Å². The van der Waals surface area contributed by atoms with Gasteiger partial charge >= 0.3 is 6.03 Å². The number of rotatable bonds is 3. The van der Waals surface area contributed by atoms with Crippen molar-refractivity contribution in [1.29, 1.82) is 0 Å². The van der Waals surface area contributed by atoms with Crippen LogP contribution in [-0.2, 0) is 0 Å². The van der Waals surface area contributed by atoms with Gasteiger partial charge in [-0.1, -0.05) is 0 Å². The van der Waals surface area contributed by atoms with Crippen LogP contribution in [0.5, 0.6) is 5.88 Å². The van der Waals surface area contributed by atoms with E-state index in [4.69, 9.17) is 9.15 Å². The van der Waals surface area contributed by atoms with E-state index >= 15 is 0 Å². The largest absolute Gasteiger partial charge is 0.480 e. The molecule has 8 nitrogen and oxygen atoms in total. The molecule has 0 radical (unpaired) electrons. The fourth-order valence-corrected chi connectivity index (χ4v) is 2.74. The Balaban J connectivity index is 1.61. The van der Waals surface area contributed by atoms with Gasteiger partial charge in [-0.05, 0) is 24.6 Å². The van der Waals surface area contributed by atoms with Gasteiger partial charge in [0.25, 0.3) is 5.91 Å². The van der Waals surface area contributed by atoms with E-state index in [9.17, 15) is 9.59 Å². The first-order valence-corrected chi connectivity index (χ1v) is 8.05. The molecular weight excluding hydrogens is 324 g/mol. The van der Waals surface area contributed by atoms with Gasteiger partial charge in [-0.15, -0.1) is 0 Å². The molecule has 0 unspecified atom stereocenters. The number of furan rings is 1. The zero-order chi connectivity index (χ0) is 17.6. The second kappa shape index (κ2) is 7.69. The number of hydrogen-bond acceptors (Lipinski definition) is 5. The fraction of sp³-hybridized carbons (Fsp3) is 0.353. The minimum Gasteiger partial charge on any atom is -0.480 e. The first-order chi connectivity index (χ1) is 12.2. The van der Waals surface area contributed by atoms with E-state index in [2.05, 4.69) is 10.3 Å². The summed E-state index contributed by atoms with van der Waals surface area (Å²) in [5.41, 5.74) is 1.04. The third-order valence-electron chi connectivity index (χ3n) is 4.04. The van der Waals surface area contributed by atoms with Gasteiger partial charge in [0.2, 0.25) is 5.88 Å². The highest BCUT2D eigenvalue weighted by atomic mass is 16.5. The summed E-state index contributed by atoms with van der Waals surface area (Å²) in [6.07, 6.45) is 5.22. The van der Waals surface area contributed by atoms with E-state index in [1.165, 1.54) is 19.6 Å². The molecule has 1 aliphatic rings. The predicted octanol–water partition coefficient (Wildman–Crippen LogP) is 2.06. The van der Waals surface area contributed by atoms with Gasteiger partial charge in [0.05, 0.1) is 18.9 Å². The molecule has 2 aromatic heterocycles. The van der Waals surface area contributed by atoms with Gasteiger partial charge in [0.1, 0.15) is 12.0 Å². The molecular formula is C17H20N4O4. The lowest BCUT2D eigenvalue weighted by Crippen LogP contribution is -2.39. The van der Waals surface area contributed by atoms with E-state index in [0.29, 0.717) is 49.7 Å². The molecule has 132 valence electrons. The van der Waals surface area contributed by atoms with Crippen molar-refractivity contribution >= 4 is 17.6 Å². The molecule has 0 saturated carbocycles. The summed E-state index contributed by atoms with van der Waals surface area (Å²) in [5.74, 6) is 0.285. The summed E-state index contributed by atoms with van der Waals surface area (Å²) < 4.78 is 10.1. The molecule has 3 amide bonds. The van der Waals surface area contributed by atoms with Crippen molar-refractivity contribution in [2.24, 2.45) is 0 Å². The number of amides is 3. The minimum atomic E-state index is -0.232. The minimum absolute atomic E-state index is 0.0788. The van der Waals surface area contributed by atoms with Crippen molar-refractivity contribution in [3.63, 3.8) is 0 Å². The standard InChI is InChI=1S/C17H20N4O4/c1-24-15-14(4-2-6-18-15)19-17(23)21-8-3-7-20(9-10-21)16(22)13-5-11-25-12-13/h2,4-6,11-12H,3,7-10H2,1H3,(H,19,23). The summed E-state index contributed by atoms with van der Waals surface area (Å²) in [6.45, 7) is 2.10. The predicted molar refractivity (Wildman–Crippen MR) is 90.6 cm³/mol. The van der Waals surface area contributed by atoms with E-state index in [1.807, 2.05) is 0 Å². The van der Waals surface area contributed by atoms with Gasteiger partial charge in [-0.2, -0.15) is 0 Å². The Bertz CT molecular complexity index is 732. The molecule has 2 aromatic rings. The van der Waals surface area contributed by atoms with E-state index in [0.717, 1.165) is 0 Å². The Hall–Kier alpha value is -3.03. The molecule has 3 rings (SSSR count). The molecule has 1 N–H and O–H groups in total. The maximum atomic E-state index is 12.5. The van der Waals surface area contributed by atoms with Gasteiger partial charge in [0, 0.05) is 32.4 Å². The topological polar surface area (TPSA) is 87.9 Å². The summed E-state index contributed by atoms with van der Waals surface area (Å²) in [4.78, 5) is 32.4. The smallest absolute Gasteiger partial charge is 0.322 e. The maximum Gasteiger partial charge on any atom is 0.322 e. The number of hydrogen-bond donors (Lipinski definition) is 1. The van der Waals surface area contributed by atoms with Crippen molar-refractivity contribution in [1.82, 2.24) is 14.8 Å². The molecule has 8 heteroatoms. The first-order valence-electron chi connectivity index (χ1n) is 8.05. The van der Waals surface area contributed by atoms with Crippen LogP contribution < -0.4 is 10.1 Å². The number of carbonyl (C=O) groups excluding carboxylic acids is 2. The molecule has 0 spiro atoms. The Morgan fingerprint density at radius 2 is 2.00 bits per heavy atom. The van der Waals surface area contributed by atoms with Gasteiger partial charge in [-0.3, -0.25) is 4.79 Å².